The highest BCUT2D eigenvalue weighted by Crippen LogP contribution is 2.42. The Kier molecular flexibility index (Phi) is 7.78. The van der Waals surface area contributed by atoms with E-state index in [-0.39, 0.29) is 24.5 Å². The lowest BCUT2D eigenvalue weighted by Gasteiger charge is -2.53. The predicted octanol–water partition coefficient (Wildman–Crippen LogP) is 2.51. The van der Waals surface area contributed by atoms with Crippen molar-refractivity contribution in [1.82, 2.24) is 15.0 Å². The van der Waals surface area contributed by atoms with Crippen molar-refractivity contribution < 1.29 is 51.2 Å². The van der Waals surface area contributed by atoms with E-state index in [1.807, 2.05) is 0 Å². The number of aromatic nitrogens is 3. The summed E-state index contributed by atoms with van der Waals surface area (Å²) >= 11 is 0. The van der Waals surface area contributed by atoms with Crippen molar-refractivity contribution in [3.63, 3.8) is 0 Å². The molecule has 2 aromatic rings. The van der Waals surface area contributed by atoms with Gasteiger partial charge in [-0.2, -0.15) is 0 Å². The fraction of sp³-hybridized carbons (Fsp3) is 0.600. The highest BCUT2D eigenvalue weighted by Gasteiger charge is 2.65. The molecule has 0 radical (unpaired) electrons. The van der Waals surface area contributed by atoms with Gasteiger partial charge in [-0.05, 0) is 46.8 Å². The van der Waals surface area contributed by atoms with Crippen molar-refractivity contribution in [3.05, 3.63) is 35.8 Å². The Bertz CT molecular complexity index is 1220. The Labute approximate surface area is 222 Å². The lowest BCUT2D eigenvalue weighted by atomic mass is 9.80. The minimum absolute atomic E-state index is 0.0329. The number of benzene rings is 1. The zero-order valence-electron chi connectivity index (χ0n) is 22.3. The summed E-state index contributed by atoms with van der Waals surface area (Å²) in [5.41, 5.74) is -2.96. The average molecular weight is 558 g/mol. The van der Waals surface area contributed by atoms with E-state index in [0.29, 0.717) is 0 Å². The van der Waals surface area contributed by atoms with Crippen molar-refractivity contribution in [3.8, 4) is 11.3 Å². The molecule has 4 atom stereocenters. The first kappa shape index (κ1) is 28.9. The molecule has 14 heteroatoms. The SMILES string of the molecule is COC(=O)[C@@]1(n2cc(-c3cc(F)c(F)c(F)c3)nn2)[C@@H](OCC(=O)OC(C)(C)C)CO[C@@H]2COC(C)(C)O[C@@H]21. The quantitative estimate of drug-likeness (QED) is 0.387. The number of carbonyl (C=O) groups excluding carboxylic acids is 2. The van der Waals surface area contributed by atoms with Gasteiger partial charge in [0, 0.05) is 5.56 Å². The van der Waals surface area contributed by atoms with Crippen LogP contribution in [0.3, 0.4) is 0 Å². The van der Waals surface area contributed by atoms with Crippen LogP contribution >= 0.6 is 0 Å². The van der Waals surface area contributed by atoms with Gasteiger partial charge < -0.3 is 28.4 Å². The maximum Gasteiger partial charge on any atom is 0.339 e. The van der Waals surface area contributed by atoms with Crippen molar-refractivity contribution in [2.24, 2.45) is 0 Å². The van der Waals surface area contributed by atoms with Gasteiger partial charge in [-0.25, -0.2) is 27.4 Å². The second kappa shape index (κ2) is 10.5. The summed E-state index contributed by atoms with van der Waals surface area (Å²) in [5.74, 6) is -7.25. The monoisotopic (exact) mass is 557 g/mol. The van der Waals surface area contributed by atoms with Crippen molar-refractivity contribution >= 4 is 11.9 Å². The van der Waals surface area contributed by atoms with Crippen molar-refractivity contribution in [2.45, 2.75) is 69.9 Å². The van der Waals surface area contributed by atoms with Gasteiger partial charge in [0.2, 0.25) is 5.54 Å². The van der Waals surface area contributed by atoms with Gasteiger partial charge in [0.1, 0.15) is 36.2 Å². The smallest absolute Gasteiger partial charge is 0.339 e. The predicted molar refractivity (Wildman–Crippen MR) is 126 cm³/mol. The minimum atomic E-state index is -1.94. The Morgan fingerprint density at radius 2 is 1.82 bits per heavy atom. The Hall–Kier alpha value is -3.07. The van der Waals surface area contributed by atoms with E-state index >= 15 is 0 Å². The number of hydrogen-bond donors (Lipinski definition) is 0. The van der Waals surface area contributed by atoms with Crippen LogP contribution in [0.25, 0.3) is 11.3 Å². The second-order valence-electron chi connectivity index (χ2n) is 10.6. The number of ether oxygens (including phenoxy) is 6. The normalized spacial score (nSPS) is 26.5. The van der Waals surface area contributed by atoms with E-state index in [1.54, 1.807) is 34.6 Å². The number of methoxy groups -OCH3 is 1. The molecule has 3 heterocycles. The van der Waals surface area contributed by atoms with Gasteiger partial charge >= 0.3 is 11.9 Å². The van der Waals surface area contributed by atoms with Crippen molar-refractivity contribution in [2.75, 3.05) is 26.9 Å². The van der Waals surface area contributed by atoms with Crippen LogP contribution in [-0.4, -0.2) is 83.6 Å². The largest absolute Gasteiger partial charge is 0.467 e. The Morgan fingerprint density at radius 1 is 1.15 bits per heavy atom. The Balaban J connectivity index is 1.81. The van der Waals surface area contributed by atoms with E-state index in [0.717, 1.165) is 23.9 Å². The topological polar surface area (TPSA) is 120 Å². The number of rotatable bonds is 6. The van der Waals surface area contributed by atoms with Crippen LogP contribution in [0.4, 0.5) is 13.2 Å². The van der Waals surface area contributed by atoms with E-state index in [9.17, 15) is 22.8 Å². The molecule has 0 bridgehead atoms. The molecular formula is C25H30F3N3O8. The summed E-state index contributed by atoms with van der Waals surface area (Å²) in [6.07, 6.45) is -1.95. The Morgan fingerprint density at radius 3 is 2.44 bits per heavy atom. The number of esters is 2. The second-order valence-corrected chi connectivity index (χ2v) is 10.6. The first-order valence-electron chi connectivity index (χ1n) is 12.1. The maximum absolute atomic E-state index is 13.9. The van der Waals surface area contributed by atoms with Crippen LogP contribution < -0.4 is 0 Å². The van der Waals surface area contributed by atoms with E-state index in [4.69, 9.17) is 28.4 Å². The third-order valence-electron chi connectivity index (χ3n) is 6.22. The summed E-state index contributed by atoms with van der Waals surface area (Å²) in [6.45, 7) is 7.58. The molecule has 2 aliphatic rings. The molecule has 4 rings (SSSR count). The highest BCUT2D eigenvalue weighted by atomic mass is 19.2. The number of hydrogen-bond acceptors (Lipinski definition) is 10. The molecule has 1 aromatic heterocycles. The van der Waals surface area contributed by atoms with Gasteiger partial charge in [-0.15, -0.1) is 5.10 Å². The zero-order chi connectivity index (χ0) is 28.8. The first-order chi connectivity index (χ1) is 18.2. The number of nitrogens with zero attached hydrogens (tertiary/aromatic N) is 3. The first-order valence-corrected chi connectivity index (χ1v) is 12.1. The van der Waals surface area contributed by atoms with E-state index in [2.05, 4.69) is 10.3 Å². The van der Waals surface area contributed by atoms with Gasteiger partial charge in [0.25, 0.3) is 0 Å². The molecule has 2 saturated heterocycles. The molecule has 39 heavy (non-hydrogen) atoms. The summed E-state index contributed by atoms with van der Waals surface area (Å²) in [5, 5.41) is 8.03. The number of fused-ring (bicyclic) bond motifs is 1. The third kappa shape index (κ3) is 5.64. The number of halogens is 3. The van der Waals surface area contributed by atoms with Crippen molar-refractivity contribution in [1.29, 1.82) is 0 Å². The zero-order valence-corrected chi connectivity index (χ0v) is 22.3. The summed E-state index contributed by atoms with van der Waals surface area (Å²) in [4.78, 5) is 26.1. The summed E-state index contributed by atoms with van der Waals surface area (Å²) in [7, 11) is 1.15. The highest BCUT2D eigenvalue weighted by molar-refractivity contribution is 5.81. The van der Waals surface area contributed by atoms with Crippen LogP contribution in [0.1, 0.15) is 34.6 Å². The lowest BCUT2D eigenvalue weighted by Crippen LogP contribution is -2.73. The average Bonchev–Trinajstić information content (AvgIpc) is 3.34. The van der Waals surface area contributed by atoms with Crippen LogP contribution in [0.5, 0.6) is 0 Å². The molecule has 0 amide bonds. The minimum Gasteiger partial charge on any atom is -0.467 e. The lowest BCUT2D eigenvalue weighted by molar-refractivity contribution is -0.354. The fourth-order valence-electron chi connectivity index (χ4n) is 4.59. The standard InChI is InChI=1S/C25H30F3N3O8/c1-23(2,3)38-19(32)12-36-18-11-35-17-10-37-24(4,5)39-21(17)25(18,22(33)34-6)31-9-16(29-30-31)13-7-14(26)20(28)15(27)8-13/h7-9,17-18,21H,10-12H2,1-6H3/t17-,18+,21+,25-/m1/s1. The van der Waals surface area contributed by atoms with E-state index in [1.165, 1.54) is 6.20 Å². The fourth-order valence-corrected chi connectivity index (χ4v) is 4.59. The summed E-state index contributed by atoms with van der Waals surface area (Å²) < 4.78 is 76.7. The summed E-state index contributed by atoms with van der Waals surface area (Å²) in [6, 6.07) is 1.49. The molecule has 0 aliphatic carbocycles. The van der Waals surface area contributed by atoms with Crippen LogP contribution in [0, 0.1) is 17.5 Å². The molecular weight excluding hydrogens is 527 g/mol. The van der Waals surface area contributed by atoms with Gasteiger partial charge in [0.15, 0.2) is 23.2 Å². The molecule has 2 fully saturated rings. The number of carbonyl (C=O) groups is 2. The molecule has 214 valence electrons. The third-order valence-corrected chi connectivity index (χ3v) is 6.22. The molecule has 0 N–H and O–H groups in total. The van der Waals surface area contributed by atoms with Gasteiger partial charge in [0.05, 0.1) is 26.5 Å². The molecule has 0 spiro atoms. The molecule has 11 nitrogen and oxygen atoms in total. The van der Waals surface area contributed by atoms with Gasteiger partial charge in [-0.3, -0.25) is 0 Å². The van der Waals surface area contributed by atoms with Crippen LogP contribution in [0.2, 0.25) is 0 Å². The molecule has 2 aliphatic heterocycles. The maximum atomic E-state index is 13.9. The molecule has 0 saturated carbocycles. The van der Waals surface area contributed by atoms with Crippen LogP contribution in [-0.2, 0) is 43.5 Å². The molecule has 0 unspecified atom stereocenters. The van der Waals surface area contributed by atoms with E-state index < -0.39 is 71.2 Å². The van der Waals surface area contributed by atoms with Crippen LogP contribution in [0.15, 0.2) is 18.3 Å². The molecule has 1 aromatic carbocycles. The van der Waals surface area contributed by atoms with Gasteiger partial charge in [-0.1, -0.05) is 5.21 Å².